The summed E-state index contributed by atoms with van der Waals surface area (Å²) < 4.78 is 0. The summed E-state index contributed by atoms with van der Waals surface area (Å²) in [6.07, 6.45) is 0. The zero-order valence-corrected chi connectivity index (χ0v) is 9.76. The van der Waals surface area contributed by atoms with E-state index in [-0.39, 0.29) is 0 Å². The number of anilines is 1. The minimum Gasteiger partial charge on any atom is -0.305 e. The maximum atomic E-state index is 11.4. The van der Waals surface area contributed by atoms with Crippen LogP contribution in [0.1, 0.15) is 0 Å². The first-order chi connectivity index (χ1) is 7.04. The molecule has 0 unspecified atom stereocenters. The van der Waals surface area contributed by atoms with Crippen LogP contribution in [0.3, 0.4) is 0 Å². The van der Waals surface area contributed by atoms with Crippen molar-refractivity contribution in [2.75, 3.05) is 19.5 Å². The summed E-state index contributed by atoms with van der Waals surface area (Å²) in [6.45, 7) is 0. The molecule has 0 aliphatic heterocycles. The third kappa shape index (κ3) is 3.27. The van der Waals surface area contributed by atoms with Crippen molar-refractivity contribution in [1.29, 1.82) is 0 Å². The fourth-order valence-corrected chi connectivity index (χ4v) is 1.21. The Morgan fingerprint density at radius 1 is 1.47 bits per heavy atom. The minimum atomic E-state index is -0.429. The molecule has 2 amide bonds. The number of carbonyl (C=O) groups excluding carboxylic acids is 1. The van der Waals surface area contributed by atoms with Gasteiger partial charge in [-0.25, -0.2) is 9.86 Å². The van der Waals surface area contributed by atoms with Crippen LogP contribution in [0.4, 0.5) is 10.5 Å². The highest BCUT2D eigenvalue weighted by Gasteiger charge is 2.10. The Bertz CT molecular complexity index is 371. The van der Waals surface area contributed by atoms with Gasteiger partial charge in [-0.3, -0.25) is 4.84 Å². The van der Waals surface area contributed by atoms with E-state index in [9.17, 15) is 4.79 Å². The molecule has 0 aliphatic carbocycles. The molecular formula is C9H10Cl2N2O2. The Balaban J connectivity index is 2.80. The molecule has 6 heteroatoms. The van der Waals surface area contributed by atoms with Crippen LogP contribution >= 0.6 is 23.2 Å². The van der Waals surface area contributed by atoms with Crippen LogP contribution in [0.2, 0.25) is 10.0 Å². The molecule has 0 spiro atoms. The van der Waals surface area contributed by atoms with Crippen LogP contribution in [-0.4, -0.2) is 25.3 Å². The average Bonchev–Trinajstić information content (AvgIpc) is 2.22. The van der Waals surface area contributed by atoms with Crippen LogP contribution in [0.25, 0.3) is 0 Å². The Morgan fingerprint density at radius 3 is 2.73 bits per heavy atom. The Morgan fingerprint density at radius 2 is 2.13 bits per heavy atom. The van der Waals surface area contributed by atoms with Crippen molar-refractivity contribution < 1.29 is 9.63 Å². The molecule has 0 fully saturated rings. The second-order valence-corrected chi connectivity index (χ2v) is 3.58. The molecule has 0 saturated heterocycles. The number of rotatable bonds is 2. The van der Waals surface area contributed by atoms with Crippen LogP contribution in [0, 0.1) is 0 Å². The van der Waals surface area contributed by atoms with Gasteiger partial charge in [0.15, 0.2) is 0 Å². The third-order valence-electron chi connectivity index (χ3n) is 1.73. The van der Waals surface area contributed by atoms with Gasteiger partial charge >= 0.3 is 6.03 Å². The van der Waals surface area contributed by atoms with Crippen LogP contribution in [0.5, 0.6) is 0 Å². The lowest BCUT2D eigenvalue weighted by Gasteiger charge is -2.15. The van der Waals surface area contributed by atoms with E-state index in [0.717, 1.165) is 5.06 Å². The zero-order valence-electron chi connectivity index (χ0n) is 8.25. The number of hydrogen-bond acceptors (Lipinski definition) is 2. The Kier molecular flexibility index (Phi) is 4.20. The summed E-state index contributed by atoms with van der Waals surface area (Å²) >= 11 is 11.6. The highest BCUT2D eigenvalue weighted by Crippen LogP contribution is 2.25. The van der Waals surface area contributed by atoms with Gasteiger partial charge in [0.2, 0.25) is 0 Å². The largest absolute Gasteiger partial charge is 0.345 e. The molecule has 1 N–H and O–H groups in total. The lowest BCUT2D eigenvalue weighted by molar-refractivity contribution is -0.0598. The highest BCUT2D eigenvalue weighted by molar-refractivity contribution is 6.35. The number of carbonyl (C=O) groups is 1. The van der Waals surface area contributed by atoms with Gasteiger partial charge < -0.3 is 5.32 Å². The van der Waals surface area contributed by atoms with Gasteiger partial charge in [0.25, 0.3) is 0 Å². The molecule has 82 valence electrons. The second kappa shape index (κ2) is 5.21. The number of hydroxylamine groups is 2. The average molecular weight is 249 g/mol. The van der Waals surface area contributed by atoms with Crippen LogP contribution in [-0.2, 0) is 4.84 Å². The van der Waals surface area contributed by atoms with E-state index < -0.39 is 6.03 Å². The van der Waals surface area contributed by atoms with E-state index in [2.05, 4.69) is 5.32 Å². The van der Waals surface area contributed by atoms with Crippen molar-refractivity contribution in [3.05, 3.63) is 28.2 Å². The molecule has 0 radical (unpaired) electrons. The summed E-state index contributed by atoms with van der Waals surface area (Å²) in [4.78, 5) is 16.1. The maximum Gasteiger partial charge on any atom is 0.345 e. The lowest BCUT2D eigenvalue weighted by atomic mass is 10.3. The maximum absolute atomic E-state index is 11.4. The fraction of sp³-hybridized carbons (Fsp3) is 0.222. The van der Waals surface area contributed by atoms with Gasteiger partial charge in [0, 0.05) is 12.1 Å². The molecule has 0 saturated carbocycles. The predicted octanol–water partition coefficient (Wildman–Crippen LogP) is 3.02. The molecule has 1 rings (SSSR count). The Labute approximate surface area is 97.7 Å². The first kappa shape index (κ1) is 12.1. The molecule has 4 nitrogen and oxygen atoms in total. The number of urea groups is 1. The fourth-order valence-electron chi connectivity index (χ4n) is 0.870. The van der Waals surface area contributed by atoms with Gasteiger partial charge in [-0.2, -0.15) is 0 Å². The van der Waals surface area contributed by atoms with Crippen molar-refractivity contribution in [2.45, 2.75) is 0 Å². The van der Waals surface area contributed by atoms with E-state index in [1.54, 1.807) is 18.2 Å². The molecule has 0 aromatic heterocycles. The normalized spacial score (nSPS) is 9.87. The first-order valence-electron chi connectivity index (χ1n) is 4.08. The van der Waals surface area contributed by atoms with E-state index in [1.807, 2.05) is 0 Å². The standard InChI is InChI=1S/C9H10Cl2N2O2/c1-13(15-2)9(14)12-8-5-6(10)3-4-7(8)11/h3-5H,1-2H3,(H,12,14). The predicted molar refractivity (Wildman–Crippen MR) is 60.3 cm³/mol. The number of nitrogens with one attached hydrogen (secondary N) is 1. The number of nitrogens with zero attached hydrogens (tertiary/aromatic N) is 1. The topological polar surface area (TPSA) is 41.6 Å². The number of halogens is 2. The van der Waals surface area contributed by atoms with Crippen molar-refractivity contribution in [3.8, 4) is 0 Å². The van der Waals surface area contributed by atoms with E-state index >= 15 is 0 Å². The van der Waals surface area contributed by atoms with Gasteiger partial charge in [-0.1, -0.05) is 23.2 Å². The summed E-state index contributed by atoms with van der Waals surface area (Å²) in [6, 6.07) is 4.37. The monoisotopic (exact) mass is 248 g/mol. The number of amides is 2. The smallest absolute Gasteiger partial charge is 0.305 e. The second-order valence-electron chi connectivity index (χ2n) is 2.73. The molecule has 15 heavy (non-hydrogen) atoms. The van der Waals surface area contributed by atoms with E-state index in [4.69, 9.17) is 28.0 Å². The molecular weight excluding hydrogens is 239 g/mol. The number of benzene rings is 1. The van der Waals surface area contributed by atoms with Crippen molar-refractivity contribution in [2.24, 2.45) is 0 Å². The van der Waals surface area contributed by atoms with Crippen molar-refractivity contribution in [3.63, 3.8) is 0 Å². The van der Waals surface area contributed by atoms with Gasteiger partial charge in [0.1, 0.15) is 0 Å². The van der Waals surface area contributed by atoms with E-state index in [1.165, 1.54) is 14.2 Å². The van der Waals surface area contributed by atoms with Gasteiger partial charge in [-0.15, -0.1) is 0 Å². The van der Waals surface area contributed by atoms with Crippen molar-refractivity contribution in [1.82, 2.24) is 5.06 Å². The quantitative estimate of drug-likeness (QED) is 0.818. The molecule has 1 aromatic carbocycles. The van der Waals surface area contributed by atoms with Crippen molar-refractivity contribution >= 4 is 34.9 Å². The first-order valence-corrected chi connectivity index (χ1v) is 4.84. The molecule has 0 heterocycles. The zero-order chi connectivity index (χ0) is 11.4. The lowest BCUT2D eigenvalue weighted by Crippen LogP contribution is -2.30. The SMILES string of the molecule is CON(C)C(=O)Nc1cc(Cl)ccc1Cl. The van der Waals surface area contributed by atoms with Gasteiger partial charge in [-0.05, 0) is 18.2 Å². The summed E-state index contributed by atoms with van der Waals surface area (Å²) in [7, 11) is 2.87. The number of hydrogen-bond donors (Lipinski definition) is 1. The summed E-state index contributed by atoms with van der Waals surface area (Å²) in [5.74, 6) is 0. The molecule has 0 aliphatic rings. The molecule has 0 bridgehead atoms. The highest BCUT2D eigenvalue weighted by atomic mass is 35.5. The summed E-state index contributed by atoms with van der Waals surface area (Å²) in [5.41, 5.74) is 0.443. The minimum absolute atomic E-state index is 0.414. The molecule has 1 aromatic rings. The van der Waals surface area contributed by atoms with Crippen LogP contribution in [0.15, 0.2) is 18.2 Å². The Hall–Kier alpha value is -0.970. The third-order valence-corrected chi connectivity index (χ3v) is 2.29. The summed E-state index contributed by atoms with van der Waals surface area (Å²) in [5, 5.41) is 4.50. The van der Waals surface area contributed by atoms with E-state index in [0.29, 0.717) is 15.7 Å². The van der Waals surface area contributed by atoms with Gasteiger partial charge in [0.05, 0.1) is 17.8 Å². The molecule has 0 atom stereocenters. The van der Waals surface area contributed by atoms with Crippen LogP contribution < -0.4 is 5.32 Å².